The minimum absolute atomic E-state index is 0.00591. The summed E-state index contributed by atoms with van der Waals surface area (Å²) in [6.45, 7) is 3.95. The molecule has 0 unspecified atom stereocenters. The lowest BCUT2D eigenvalue weighted by Crippen LogP contribution is -2.62. The van der Waals surface area contributed by atoms with Gasteiger partial charge in [-0.25, -0.2) is 0 Å². The summed E-state index contributed by atoms with van der Waals surface area (Å²) in [4.78, 5) is 30.8. The zero-order valence-electron chi connectivity index (χ0n) is 19.7. The molecule has 0 spiro atoms. The van der Waals surface area contributed by atoms with Gasteiger partial charge >= 0.3 is 0 Å². The van der Waals surface area contributed by atoms with E-state index in [-0.39, 0.29) is 23.3 Å². The number of benzene rings is 1. The third-order valence-electron chi connectivity index (χ3n) is 8.75. The fourth-order valence-electron chi connectivity index (χ4n) is 7.68. The van der Waals surface area contributed by atoms with Crippen molar-refractivity contribution in [3.63, 3.8) is 0 Å². The van der Waals surface area contributed by atoms with Gasteiger partial charge in [-0.3, -0.25) is 9.59 Å². The van der Waals surface area contributed by atoms with Crippen molar-refractivity contribution in [2.24, 2.45) is 23.7 Å². The largest absolute Gasteiger partial charge is 0.497 e. The molecule has 2 amide bonds. The quantitative estimate of drug-likeness (QED) is 0.650. The van der Waals surface area contributed by atoms with E-state index in [9.17, 15) is 9.59 Å². The van der Waals surface area contributed by atoms with Gasteiger partial charge < -0.3 is 14.5 Å². The molecule has 1 aliphatic heterocycles. The van der Waals surface area contributed by atoms with Crippen molar-refractivity contribution in [2.45, 2.75) is 76.8 Å². The van der Waals surface area contributed by atoms with E-state index in [0.29, 0.717) is 19.5 Å². The van der Waals surface area contributed by atoms with Gasteiger partial charge in [0.1, 0.15) is 5.75 Å². The second kappa shape index (κ2) is 8.72. The fourth-order valence-corrected chi connectivity index (χ4v) is 7.68. The Morgan fingerprint density at radius 1 is 1.12 bits per heavy atom. The van der Waals surface area contributed by atoms with E-state index in [1.807, 2.05) is 24.0 Å². The molecule has 5 aliphatic rings. The van der Waals surface area contributed by atoms with Gasteiger partial charge in [-0.1, -0.05) is 19.1 Å². The summed E-state index contributed by atoms with van der Waals surface area (Å²) >= 11 is 0. The average Bonchev–Trinajstić information content (AvgIpc) is 2.81. The van der Waals surface area contributed by atoms with Crippen LogP contribution in [0.3, 0.4) is 0 Å². The summed E-state index contributed by atoms with van der Waals surface area (Å²) in [5.41, 5.74) is 1.15. The maximum Gasteiger partial charge on any atom is 0.228 e. The van der Waals surface area contributed by atoms with Crippen LogP contribution in [0.4, 0.5) is 0 Å². The number of methoxy groups -OCH3 is 1. The first-order valence-corrected chi connectivity index (χ1v) is 12.7. The zero-order valence-corrected chi connectivity index (χ0v) is 19.7. The summed E-state index contributed by atoms with van der Waals surface area (Å²) < 4.78 is 5.47. The Hall–Kier alpha value is -2.04. The molecule has 1 aromatic carbocycles. The minimum atomic E-state index is -0.0714. The summed E-state index contributed by atoms with van der Waals surface area (Å²) in [7, 11) is 1.70. The average molecular weight is 439 g/mol. The first-order chi connectivity index (χ1) is 15.5. The van der Waals surface area contributed by atoms with E-state index >= 15 is 0 Å². The highest BCUT2D eigenvalue weighted by atomic mass is 16.5. The van der Waals surface area contributed by atoms with Gasteiger partial charge in [0.25, 0.3) is 0 Å². The van der Waals surface area contributed by atoms with Crippen molar-refractivity contribution in [3.8, 4) is 5.75 Å². The highest BCUT2D eigenvalue weighted by Crippen LogP contribution is 2.58. The lowest BCUT2D eigenvalue weighted by molar-refractivity contribution is -0.159. The topological polar surface area (TPSA) is 49.9 Å². The Balaban J connectivity index is 1.44. The van der Waals surface area contributed by atoms with Crippen molar-refractivity contribution in [1.29, 1.82) is 0 Å². The first-order valence-electron chi connectivity index (χ1n) is 12.7. The molecule has 6 rings (SSSR count). The third kappa shape index (κ3) is 4.04. The van der Waals surface area contributed by atoms with Gasteiger partial charge in [0.15, 0.2) is 0 Å². The van der Waals surface area contributed by atoms with E-state index in [1.165, 1.54) is 38.5 Å². The number of ether oxygens (including phenoxy) is 1. The number of likely N-dealkylation sites (tertiary alicyclic amines) is 1. The molecule has 1 aromatic rings. The Bertz CT molecular complexity index is 831. The highest BCUT2D eigenvalue weighted by Gasteiger charge is 2.55. The summed E-state index contributed by atoms with van der Waals surface area (Å²) in [5.74, 6) is 3.58. The van der Waals surface area contributed by atoms with E-state index in [0.717, 1.165) is 48.5 Å². The van der Waals surface area contributed by atoms with Crippen LogP contribution in [0.2, 0.25) is 0 Å². The Kier molecular flexibility index (Phi) is 5.94. The number of piperidine rings is 1. The standard InChI is InChI=1S/C27H38N2O3/c1-3-25(30)28-9-5-7-23(18-28)26(31)29(17-19-6-4-8-24(13-19)32-2)27-14-20-10-21(15-27)12-22(11-20)16-27/h4,6,8,13,20-23H,3,5,7,9-12,14-18H2,1-2H3/t20?,21?,22?,23-,27?/m1/s1. The maximum atomic E-state index is 14.2. The van der Waals surface area contributed by atoms with Gasteiger partial charge in [-0.05, 0) is 86.8 Å². The smallest absolute Gasteiger partial charge is 0.228 e. The van der Waals surface area contributed by atoms with Crippen LogP contribution in [0, 0.1) is 23.7 Å². The van der Waals surface area contributed by atoms with E-state index in [4.69, 9.17) is 4.74 Å². The van der Waals surface area contributed by atoms with Crippen LogP contribution in [0.1, 0.15) is 70.3 Å². The Morgan fingerprint density at radius 2 is 1.81 bits per heavy atom. The second-order valence-corrected chi connectivity index (χ2v) is 11.0. The maximum absolute atomic E-state index is 14.2. The van der Waals surface area contributed by atoms with Gasteiger partial charge in [0.2, 0.25) is 11.8 Å². The predicted octanol–water partition coefficient (Wildman–Crippen LogP) is 4.64. The van der Waals surface area contributed by atoms with Crippen LogP contribution in [0.15, 0.2) is 24.3 Å². The van der Waals surface area contributed by atoms with Crippen molar-refractivity contribution >= 4 is 11.8 Å². The van der Waals surface area contributed by atoms with Crippen LogP contribution in [0.25, 0.3) is 0 Å². The van der Waals surface area contributed by atoms with Crippen LogP contribution in [-0.4, -0.2) is 47.4 Å². The fraction of sp³-hybridized carbons (Fsp3) is 0.704. The molecule has 1 heterocycles. The molecule has 4 saturated carbocycles. The van der Waals surface area contributed by atoms with E-state index in [2.05, 4.69) is 17.0 Å². The lowest BCUT2D eigenvalue weighted by atomic mass is 9.52. The molecule has 1 atom stereocenters. The highest BCUT2D eigenvalue weighted by molar-refractivity contribution is 5.82. The van der Waals surface area contributed by atoms with Crippen molar-refractivity contribution in [2.75, 3.05) is 20.2 Å². The van der Waals surface area contributed by atoms with Crippen LogP contribution >= 0.6 is 0 Å². The number of amides is 2. The SMILES string of the molecule is CCC(=O)N1CCC[C@@H](C(=O)N(Cc2cccc(OC)c2)C23CC4CC(CC(C4)C2)C3)C1. The Labute approximate surface area is 192 Å². The van der Waals surface area contributed by atoms with Gasteiger partial charge in [-0.2, -0.15) is 0 Å². The molecule has 174 valence electrons. The molecule has 4 aliphatic carbocycles. The van der Waals surface area contributed by atoms with Crippen LogP contribution in [0.5, 0.6) is 5.75 Å². The monoisotopic (exact) mass is 438 g/mol. The zero-order chi connectivity index (χ0) is 22.3. The molecular weight excluding hydrogens is 400 g/mol. The van der Waals surface area contributed by atoms with Crippen LogP contribution < -0.4 is 4.74 Å². The number of hydrogen-bond acceptors (Lipinski definition) is 3. The second-order valence-electron chi connectivity index (χ2n) is 11.0. The molecule has 0 N–H and O–H groups in total. The number of hydrogen-bond donors (Lipinski definition) is 0. The Morgan fingerprint density at radius 3 is 2.44 bits per heavy atom. The summed E-state index contributed by atoms with van der Waals surface area (Å²) in [6.07, 6.45) is 9.93. The molecule has 4 bridgehead atoms. The van der Waals surface area contributed by atoms with Crippen molar-refractivity contribution < 1.29 is 14.3 Å². The number of carbonyl (C=O) groups excluding carboxylic acids is 2. The minimum Gasteiger partial charge on any atom is -0.497 e. The predicted molar refractivity (Wildman–Crippen MR) is 124 cm³/mol. The number of nitrogens with zero attached hydrogens (tertiary/aromatic N) is 2. The normalized spacial score (nSPS) is 33.2. The first kappa shape index (κ1) is 21.8. The van der Waals surface area contributed by atoms with Crippen LogP contribution in [-0.2, 0) is 16.1 Å². The van der Waals surface area contributed by atoms with Crippen molar-refractivity contribution in [1.82, 2.24) is 9.80 Å². The van der Waals surface area contributed by atoms with E-state index < -0.39 is 0 Å². The molecule has 32 heavy (non-hydrogen) atoms. The van der Waals surface area contributed by atoms with E-state index in [1.54, 1.807) is 7.11 Å². The van der Waals surface area contributed by atoms with Gasteiger partial charge in [0, 0.05) is 31.6 Å². The molecular formula is C27H38N2O3. The summed E-state index contributed by atoms with van der Waals surface area (Å²) in [5, 5.41) is 0. The number of carbonyl (C=O) groups is 2. The molecule has 5 nitrogen and oxygen atoms in total. The molecule has 0 aromatic heterocycles. The lowest BCUT2D eigenvalue weighted by Gasteiger charge is -2.61. The number of rotatable bonds is 6. The van der Waals surface area contributed by atoms with Gasteiger partial charge in [-0.15, -0.1) is 0 Å². The summed E-state index contributed by atoms with van der Waals surface area (Å²) in [6, 6.07) is 8.19. The molecule has 0 radical (unpaired) electrons. The molecule has 5 fully saturated rings. The third-order valence-corrected chi connectivity index (χ3v) is 8.75. The van der Waals surface area contributed by atoms with Gasteiger partial charge in [0.05, 0.1) is 13.0 Å². The molecule has 5 heteroatoms. The molecule has 1 saturated heterocycles. The van der Waals surface area contributed by atoms with Crippen molar-refractivity contribution in [3.05, 3.63) is 29.8 Å².